The standard InChI is InChI=1S/C21H13Cl2N3O5S/c22-16-8-4-5-9-19(16)25-21(13-18(24-25)14-6-2-1-3-7-14)31-32(29,30)15-10-11-17(23)20(12-15)26(27)28/h1-13H. The maximum Gasteiger partial charge on any atom is 0.340 e. The lowest BCUT2D eigenvalue weighted by Crippen LogP contribution is -2.13. The summed E-state index contributed by atoms with van der Waals surface area (Å²) in [5, 5.41) is 15.7. The average Bonchev–Trinajstić information content (AvgIpc) is 3.17. The smallest absolute Gasteiger partial charge is 0.340 e. The molecule has 0 aliphatic carbocycles. The van der Waals surface area contributed by atoms with Crippen molar-refractivity contribution in [2.24, 2.45) is 0 Å². The van der Waals surface area contributed by atoms with Crippen molar-refractivity contribution in [1.82, 2.24) is 9.78 Å². The Balaban J connectivity index is 1.82. The normalized spacial score (nSPS) is 11.3. The first-order chi connectivity index (χ1) is 15.3. The molecule has 0 aliphatic rings. The average molecular weight is 490 g/mol. The van der Waals surface area contributed by atoms with E-state index in [0.29, 0.717) is 16.4 Å². The molecule has 3 aromatic carbocycles. The highest BCUT2D eigenvalue weighted by molar-refractivity contribution is 7.87. The van der Waals surface area contributed by atoms with E-state index < -0.39 is 25.6 Å². The highest BCUT2D eigenvalue weighted by atomic mass is 35.5. The van der Waals surface area contributed by atoms with E-state index in [4.69, 9.17) is 27.4 Å². The van der Waals surface area contributed by atoms with Gasteiger partial charge in [0.2, 0.25) is 5.88 Å². The van der Waals surface area contributed by atoms with Gasteiger partial charge in [0.15, 0.2) is 0 Å². The number of nitrogens with zero attached hydrogens (tertiary/aromatic N) is 3. The monoisotopic (exact) mass is 489 g/mol. The fourth-order valence-electron chi connectivity index (χ4n) is 2.92. The van der Waals surface area contributed by atoms with E-state index in [0.717, 1.165) is 23.8 Å². The van der Waals surface area contributed by atoms with Crippen LogP contribution in [0.3, 0.4) is 0 Å². The molecular weight excluding hydrogens is 477 g/mol. The van der Waals surface area contributed by atoms with Crippen LogP contribution >= 0.6 is 23.2 Å². The third-order valence-electron chi connectivity index (χ3n) is 4.42. The Labute approximate surface area is 192 Å². The van der Waals surface area contributed by atoms with Crippen LogP contribution in [-0.4, -0.2) is 23.1 Å². The Kier molecular flexibility index (Phi) is 5.88. The number of nitro benzene ring substituents is 1. The Morgan fingerprint density at radius 1 is 0.906 bits per heavy atom. The van der Waals surface area contributed by atoms with Crippen molar-refractivity contribution < 1.29 is 17.5 Å². The van der Waals surface area contributed by atoms with Gasteiger partial charge >= 0.3 is 10.1 Å². The van der Waals surface area contributed by atoms with E-state index >= 15 is 0 Å². The predicted molar refractivity (Wildman–Crippen MR) is 120 cm³/mol. The van der Waals surface area contributed by atoms with Crippen molar-refractivity contribution in [3.05, 3.63) is 99.0 Å². The second-order valence-electron chi connectivity index (χ2n) is 6.50. The van der Waals surface area contributed by atoms with Gasteiger partial charge in [-0.2, -0.15) is 18.2 Å². The van der Waals surface area contributed by atoms with Gasteiger partial charge in [0.25, 0.3) is 5.69 Å². The van der Waals surface area contributed by atoms with E-state index in [9.17, 15) is 18.5 Å². The summed E-state index contributed by atoms with van der Waals surface area (Å²) in [7, 11) is -4.47. The summed E-state index contributed by atoms with van der Waals surface area (Å²) >= 11 is 12.1. The van der Waals surface area contributed by atoms with Gasteiger partial charge in [0, 0.05) is 17.7 Å². The number of halogens is 2. The van der Waals surface area contributed by atoms with Crippen molar-refractivity contribution in [2.45, 2.75) is 4.90 Å². The quantitative estimate of drug-likeness (QED) is 0.200. The predicted octanol–water partition coefficient (Wildman–Crippen LogP) is 5.52. The van der Waals surface area contributed by atoms with Gasteiger partial charge in [0.1, 0.15) is 9.92 Å². The van der Waals surface area contributed by atoms with Gasteiger partial charge in [-0.3, -0.25) is 10.1 Å². The van der Waals surface area contributed by atoms with Crippen molar-refractivity contribution in [3.8, 4) is 22.8 Å². The minimum absolute atomic E-state index is 0.144. The number of aromatic nitrogens is 2. The molecule has 8 nitrogen and oxygen atoms in total. The molecule has 0 bridgehead atoms. The first-order valence-corrected chi connectivity index (χ1v) is 11.2. The molecule has 0 amide bonds. The molecule has 0 radical (unpaired) electrons. The zero-order valence-corrected chi connectivity index (χ0v) is 18.4. The molecule has 4 aromatic rings. The minimum atomic E-state index is -4.47. The zero-order valence-electron chi connectivity index (χ0n) is 16.1. The van der Waals surface area contributed by atoms with E-state index in [1.165, 1.54) is 10.7 Å². The SMILES string of the molecule is O=[N+]([O-])c1cc(S(=O)(=O)Oc2cc(-c3ccccc3)nn2-c2ccccc2Cl)ccc1Cl. The molecule has 0 unspecified atom stereocenters. The van der Waals surface area contributed by atoms with Crippen molar-refractivity contribution in [3.63, 3.8) is 0 Å². The summed E-state index contributed by atoms with van der Waals surface area (Å²) in [6.45, 7) is 0. The minimum Gasteiger partial charge on any atom is -0.358 e. The molecule has 32 heavy (non-hydrogen) atoms. The van der Waals surface area contributed by atoms with Crippen LogP contribution in [0.4, 0.5) is 5.69 Å². The van der Waals surface area contributed by atoms with Crippen LogP contribution in [0, 0.1) is 10.1 Å². The third-order valence-corrected chi connectivity index (χ3v) is 6.29. The van der Waals surface area contributed by atoms with Crippen LogP contribution < -0.4 is 4.18 Å². The van der Waals surface area contributed by atoms with Gasteiger partial charge in [-0.15, -0.1) is 0 Å². The number of benzene rings is 3. The Bertz CT molecular complexity index is 1420. The van der Waals surface area contributed by atoms with Crippen LogP contribution in [0.2, 0.25) is 10.0 Å². The fourth-order valence-corrected chi connectivity index (χ4v) is 4.25. The molecule has 1 heterocycles. The number of para-hydroxylation sites is 1. The topological polar surface area (TPSA) is 104 Å². The fraction of sp³-hybridized carbons (Fsp3) is 0. The van der Waals surface area contributed by atoms with Crippen LogP contribution in [0.15, 0.2) is 83.8 Å². The number of hydrogen-bond acceptors (Lipinski definition) is 6. The summed E-state index contributed by atoms with van der Waals surface area (Å²) in [6.07, 6.45) is 0. The van der Waals surface area contributed by atoms with Gasteiger partial charge in [-0.1, -0.05) is 65.7 Å². The summed E-state index contributed by atoms with van der Waals surface area (Å²) in [5.41, 5.74) is 1.00. The molecule has 11 heteroatoms. The molecule has 0 saturated heterocycles. The Hall–Kier alpha value is -3.40. The largest absolute Gasteiger partial charge is 0.358 e. The first kappa shape index (κ1) is 21.8. The van der Waals surface area contributed by atoms with Gasteiger partial charge in [-0.05, 0) is 24.3 Å². The molecule has 0 saturated carbocycles. The molecule has 0 N–H and O–H groups in total. The molecule has 1 aromatic heterocycles. The van der Waals surface area contributed by atoms with E-state index in [1.807, 2.05) is 18.2 Å². The van der Waals surface area contributed by atoms with Crippen LogP contribution in [0.5, 0.6) is 5.88 Å². The van der Waals surface area contributed by atoms with E-state index in [1.54, 1.807) is 36.4 Å². The van der Waals surface area contributed by atoms with Crippen LogP contribution in [-0.2, 0) is 10.1 Å². The highest BCUT2D eigenvalue weighted by Gasteiger charge is 2.25. The zero-order chi connectivity index (χ0) is 22.9. The van der Waals surface area contributed by atoms with Crippen LogP contribution in [0.1, 0.15) is 0 Å². The van der Waals surface area contributed by atoms with Gasteiger partial charge in [0.05, 0.1) is 21.3 Å². The Morgan fingerprint density at radius 3 is 2.28 bits per heavy atom. The van der Waals surface area contributed by atoms with Crippen LogP contribution in [0.25, 0.3) is 16.9 Å². The number of nitro groups is 1. The van der Waals surface area contributed by atoms with Crippen molar-refractivity contribution >= 4 is 39.0 Å². The van der Waals surface area contributed by atoms with E-state index in [-0.39, 0.29) is 10.9 Å². The third kappa shape index (κ3) is 4.31. The highest BCUT2D eigenvalue weighted by Crippen LogP contribution is 2.32. The Morgan fingerprint density at radius 2 is 1.59 bits per heavy atom. The second-order valence-corrected chi connectivity index (χ2v) is 8.87. The maximum absolute atomic E-state index is 12.9. The maximum atomic E-state index is 12.9. The lowest BCUT2D eigenvalue weighted by Gasteiger charge is -2.10. The molecule has 0 fully saturated rings. The first-order valence-electron chi connectivity index (χ1n) is 9.05. The molecular formula is C21H13Cl2N3O5S. The second kappa shape index (κ2) is 8.62. The van der Waals surface area contributed by atoms with Gasteiger partial charge in [-0.25, -0.2) is 0 Å². The summed E-state index contributed by atoms with van der Waals surface area (Å²) in [5.74, 6) is -0.144. The summed E-state index contributed by atoms with van der Waals surface area (Å²) < 4.78 is 32.5. The number of hydrogen-bond donors (Lipinski definition) is 0. The number of rotatable bonds is 6. The van der Waals surface area contributed by atoms with Crippen molar-refractivity contribution in [2.75, 3.05) is 0 Å². The van der Waals surface area contributed by atoms with E-state index in [2.05, 4.69) is 5.10 Å². The molecule has 162 valence electrons. The van der Waals surface area contributed by atoms with Gasteiger partial charge < -0.3 is 4.18 Å². The summed E-state index contributed by atoms with van der Waals surface area (Å²) in [4.78, 5) is 9.95. The molecule has 0 atom stereocenters. The lowest BCUT2D eigenvalue weighted by molar-refractivity contribution is -0.384. The van der Waals surface area contributed by atoms with Crippen molar-refractivity contribution in [1.29, 1.82) is 0 Å². The summed E-state index contributed by atoms with van der Waals surface area (Å²) in [6, 6.07) is 20.3. The lowest BCUT2D eigenvalue weighted by atomic mass is 10.2. The molecule has 0 spiro atoms. The molecule has 0 aliphatic heterocycles. The molecule has 4 rings (SSSR count).